The fourth-order valence-electron chi connectivity index (χ4n) is 3.27. The van der Waals surface area contributed by atoms with Crippen LogP contribution < -0.4 is 0 Å². The Kier molecular flexibility index (Phi) is 5.48. The predicted molar refractivity (Wildman–Crippen MR) is 72.4 cm³/mol. The summed E-state index contributed by atoms with van der Waals surface area (Å²) in [6.45, 7) is 5.66. The van der Waals surface area contributed by atoms with Crippen LogP contribution in [0.1, 0.15) is 58.3 Å². The molecule has 2 rings (SSSR count). The molecular formula is C15H27NO2. The zero-order chi connectivity index (χ0) is 12.8. The number of nitrogens with zero attached hydrogens (tertiary/aromatic N) is 1. The number of ether oxygens (including phenoxy) is 1. The van der Waals surface area contributed by atoms with Crippen LogP contribution in [0.5, 0.6) is 0 Å². The second-order valence-corrected chi connectivity index (χ2v) is 5.83. The molecule has 1 aliphatic carbocycles. The first-order valence-corrected chi connectivity index (χ1v) is 7.71. The highest BCUT2D eigenvalue weighted by Crippen LogP contribution is 2.30. The lowest BCUT2D eigenvalue weighted by Gasteiger charge is -2.31. The van der Waals surface area contributed by atoms with Crippen molar-refractivity contribution < 1.29 is 9.53 Å². The third-order valence-corrected chi connectivity index (χ3v) is 4.27. The molecule has 0 aromatic carbocycles. The Morgan fingerprint density at radius 1 is 1.17 bits per heavy atom. The molecule has 1 saturated heterocycles. The number of rotatable bonds is 5. The smallest absolute Gasteiger partial charge is 0.306 e. The van der Waals surface area contributed by atoms with Gasteiger partial charge in [0.25, 0.3) is 0 Å². The normalized spacial score (nSPS) is 29.4. The van der Waals surface area contributed by atoms with Crippen LogP contribution in [0.3, 0.4) is 0 Å². The minimum Gasteiger partial charge on any atom is -0.462 e. The van der Waals surface area contributed by atoms with E-state index in [0.717, 1.165) is 19.4 Å². The van der Waals surface area contributed by atoms with Gasteiger partial charge >= 0.3 is 5.97 Å². The van der Waals surface area contributed by atoms with E-state index >= 15 is 0 Å². The maximum Gasteiger partial charge on any atom is 0.306 e. The molecular weight excluding hydrogens is 226 g/mol. The highest BCUT2D eigenvalue weighted by Gasteiger charge is 2.31. The second kappa shape index (κ2) is 7.13. The van der Waals surface area contributed by atoms with Crippen molar-refractivity contribution in [1.82, 2.24) is 4.90 Å². The summed E-state index contributed by atoms with van der Waals surface area (Å²) in [5, 5.41) is 0. The first kappa shape index (κ1) is 13.9. The van der Waals surface area contributed by atoms with Gasteiger partial charge in [-0.15, -0.1) is 0 Å². The van der Waals surface area contributed by atoms with Crippen molar-refractivity contribution in [1.29, 1.82) is 0 Å². The molecule has 0 spiro atoms. The summed E-state index contributed by atoms with van der Waals surface area (Å²) in [6, 6.07) is 0. The third-order valence-electron chi connectivity index (χ3n) is 4.27. The maximum absolute atomic E-state index is 11.6. The van der Waals surface area contributed by atoms with Crippen molar-refractivity contribution in [3.63, 3.8) is 0 Å². The van der Waals surface area contributed by atoms with E-state index in [9.17, 15) is 4.79 Å². The summed E-state index contributed by atoms with van der Waals surface area (Å²) in [4.78, 5) is 14.2. The van der Waals surface area contributed by atoms with E-state index < -0.39 is 0 Å². The van der Waals surface area contributed by atoms with Gasteiger partial charge < -0.3 is 9.64 Å². The van der Waals surface area contributed by atoms with Gasteiger partial charge in [0.15, 0.2) is 0 Å². The van der Waals surface area contributed by atoms with E-state index in [1.165, 1.54) is 45.2 Å². The largest absolute Gasteiger partial charge is 0.462 e. The minimum absolute atomic E-state index is 0.00745. The Hall–Kier alpha value is -0.570. The molecule has 104 valence electrons. The summed E-state index contributed by atoms with van der Waals surface area (Å²) in [7, 11) is 0. The molecule has 0 aromatic heterocycles. The molecule has 2 fully saturated rings. The number of carbonyl (C=O) groups is 1. The molecule has 3 heteroatoms. The van der Waals surface area contributed by atoms with Crippen molar-refractivity contribution in [2.24, 2.45) is 5.92 Å². The van der Waals surface area contributed by atoms with Crippen LogP contribution in [0, 0.1) is 5.92 Å². The summed E-state index contributed by atoms with van der Waals surface area (Å²) in [6.07, 6.45) is 9.27. The molecule has 0 bridgehead atoms. The van der Waals surface area contributed by atoms with Gasteiger partial charge in [0.05, 0.1) is 0 Å². The second-order valence-electron chi connectivity index (χ2n) is 5.83. The van der Waals surface area contributed by atoms with E-state index in [4.69, 9.17) is 4.74 Å². The molecule has 1 saturated carbocycles. The molecule has 0 unspecified atom stereocenters. The fourth-order valence-corrected chi connectivity index (χ4v) is 3.27. The highest BCUT2D eigenvalue weighted by molar-refractivity contribution is 5.69. The molecule has 0 aromatic rings. The number of piperidine rings is 1. The first-order chi connectivity index (χ1) is 8.79. The van der Waals surface area contributed by atoms with Gasteiger partial charge in [0, 0.05) is 18.9 Å². The Labute approximate surface area is 111 Å². The minimum atomic E-state index is 0.00745. The predicted octanol–water partition coefficient (Wildman–Crippen LogP) is 2.98. The van der Waals surface area contributed by atoms with Crippen molar-refractivity contribution in [3.8, 4) is 0 Å². The lowest BCUT2D eigenvalue weighted by atomic mass is 10.0. The van der Waals surface area contributed by atoms with Crippen LogP contribution in [0.4, 0.5) is 0 Å². The van der Waals surface area contributed by atoms with Crippen LogP contribution in [-0.4, -0.2) is 36.6 Å². The van der Waals surface area contributed by atoms with E-state index in [1.807, 2.05) is 6.92 Å². The average Bonchev–Trinajstić information content (AvgIpc) is 2.78. The average molecular weight is 253 g/mol. The van der Waals surface area contributed by atoms with Gasteiger partial charge in [-0.05, 0) is 51.6 Å². The Morgan fingerprint density at radius 3 is 2.67 bits per heavy atom. The van der Waals surface area contributed by atoms with E-state index in [1.54, 1.807) is 0 Å². The lowest BCUT2D eigenvalue weighted by molar-refractivity contribution is -0.151. The number of hydrogen-bond acceptors (Lipinski definition) is 3. The molecule has 1 heterocycles. The Bertz CT molecular complexity index is 261. The molecule has 0 N–H and O–H groups in total. The Morgan fingerprint density at radius 2 is 1.94 bits per heavy atom. The zero-order valence-electron chi connectivity index (χ0n) is 11.7. The topological polar surface area (TPSA) is 29.5 Å². The third kappa shape index (κ3) is 3.98. The molecule has 0 amide bonds. The van der Waals surface area contributed by atoms with Gasteiger partial charge in [-0.25, -0.2) is 0 Å². The number of carbonyl (C=O) groups excluding carboxylic acids is 1. The van der Waals surface area contributed by atoms with Crippen LogP contribution in [0.2, 0.25) is 0 Å². The number of hydrogen-bond donors (Lipinski definition) is 0. The lowest BCUT2D eigenvalue weighted by Crippen LogP contribution is -2.37. The van der Waals surface area contributed by atoms with E-state index in [-0.39, 0.29) is 12.1 Å². The van der Waals surface area contributed by atoms with Crippen LogP contribution >= 0.6 is 0 Å². The number of likely N-dealkylation sites (tertiary alicyclic amines) is 1. The van der Waals surface area contributed by atoms with Crippen molar-refractivity contribution in [2.75, 3.05) is 19.6 Å². The quantitative estimate of drug-likeness (QED) is 0.705. The van der Waals surface area contributed by atoms with Gasteiger partial charge in [-0.1, -0.05) is 13.3 Å². The standard InChI is InChI=1S/C15H27NO2/c1-2-7-15(17)18-14-9-6-8-13(14)12-16-10-4-3-5-11-16/h13-14H,2-12H2,1H3/t13-,14+/m0/s1. The van der Waals surface area contributed by atoms with Crippen molar-refractivity contribution in [3.05, 3.63) is 0 Å². The molecule has 1 aliphatic heterocycles. The zero-order valence-corrected chi connectivity index (χ0v) is 11.7. The molecule has 2 atom stereocenters. The first-order valence-electron chi connectivity index (χ1n) is 7.71. The molecule has 3 nitrogen and oxygen atoms in total. The van der Waals surface area contributed by atoms with E-state index in [0.29, 0.717) is 12.3 Å². The molecule has 18 heavy (non-hydrogen) atoms. The van der Waals surface area contributed by atoms with Gasteiger partial charge in [-0.3, -0.25) is 4.79 Å². The van der Waals surface area contributed by atoms with Crippen molar-refractivity contribution in [2.45, 2.75) is 64.4 Å². The SMILES string of the molecule is CCCC(=O)O[C@@H]1CCC[C@H]1CN1CCCCC1. The summed E-state index contributed by atoms with van der Waals surface area (Å²) < 4.78 is 5.64. The van der Waals surface area contributed by atoms with Crippen LogP contribution in [-0.2, 0) is 9.53 Å². The van der Waals surface area contributed by atoms with Gasteiger partial charge in [0.2, 0.25) is 0 Å². The summed E-state index contributed by atoms with van der Waals surface area (Å²) in [5.41, 5.74) is 0. The Balaban J connectivity index is 1.77. The summed E-state index contributed by atoms with van der Waals surface area (Å²) >= 11 is 0. The fraction of sp³-hybridized carbons (Fsp3) is 0.933. The van der Waals surface area contributed by atoms with E-state index in [2.05, 4.69) is 4.90 Å². The van der Waals surface area contributed by atoms with Gasteiger partial charge in [0.1, 0.15) is 6.10 Å². The monoisotopic (exact) mass is 253 g/mol. The highest BCUT2D eigenvalue weighted by atomic mass is 16.5. The van der Waals surface area contributed by atoms with Crippen molar-refractivity contribution >= 4 is 5.97 Å². The van der Waals surface area contributed by atoms with Crippen LogP contribution in [0.15, 0.2) is 0 Å². The van der Waals surface area contributed by atoms with Gasteiger partial charge in [-0.2, -0.15) is 0 Å². The van der Waals surface area contributed by atoms with Crippen LogP contribution in [0.25, 0.3) is 0 Å². The number of esters is 1. The molecule has 2 aliphatic rings. The molecule has 0 radical (unpaired) electrons. The maximum atomic E-state index is 11.6. The summed E-state index contributed by atoms with van der Waals surface area (Å²) in [5.74, 6) is 0.594.